The van der Waals surface area contributed by atoms with Crippen LogP contribution in [0.3, 0.4) is 0 Å². The van der Waals surface area contributed by atoms with E-state index in [4.69, 9.17) is 10.5 Å². The maximum Gasteiger partial charge on any atom is 0.240 e. The van der Waals surface area contributed by atoms with Gasteiger partial charge < -0.3 is 10.5 Å². The fourth-order valence-electron chi connectivity index (χ4n) is 2.93. The molecule has 2 rings (SSSR count). The summed E-state index contributed by atoms with van der Waals surface area (Å²) in [5, 5.41) is 0. The normalized spacial score (nSPS) is 17.8. The van der Waals surface area contributed by atoms with Crippen molar-refractivity contribution in [3.8, 4) is 5.75 Å². The van der Waals surface area contributed by atoms with Gasteiger partial charge in [-0.25, -0.2) is 13.1 Å². The number of benzene rings is 1. The Labute approximate surface area is 133 Å². The molecule has 6 heteroatoms. The summed E-state index contributed by atoms with van der Waals surface area (Å²) in [6.45, 7) is 4.19. The first-order valence-corrected chi connectivity index (χ1v) is 9.40. The largest absolute Gasteiger partial charge is 0.491 e. The molecule has 0 aromatic heterocycles. The smallest absolute Gasteiger partial charge is 0.240 e. The molecule has 0 spiro atoms. The maximum atomic E-state index is 12.5. The van der Waals surface area contributed by atoms with E-state index in [9.17, 15) is 8.42 Å². The van der Waals surface area contributed by atoms with Gasteiger partial charge in [0.25, 0.3) is 0 Å². The molecule has 1 saturated carbocycles. The Bertz CT molecular complexity index is 564. The summed E-state index contributed by atoms with van der Waals surface area (Å²) in [5.74, 6) is 1.02. The van der Waals surface area contributed by atoms with E-state index in [2.05, 4.69) is 4.72 Å². The van der Waals surface area contributed by atoms with Crippen LogP contribution in [0.15, 0.2) is 29.2 Å². The molecule has 22 heavy (non-hydrogen) atoms. The lowest BCUT2D eigenvalue weighted by Crippen LogP contribution is -2.44. The third-order valence-corrected chi connectivity index (χ3v) is 5.54. The van der Waals surface area contributed by atoms with E-state index < -0.39 is 10.0 Å². The number of rotatable bonds is 7. The summed E-state index contributed by atoms with van der Waals surface area (Å²) >= 11 is 0. The Balaban J connectivity index is 2.08. The van der Waals surface area contributed by atoms with Crippen molar-refractivity contribution < 1.29 is 13.2 Å². The number of sulfonamides is 1. The lowest BCUT2D eigenvalue weighted by Gasteiger charge is -2.23. The van der Waals surface area contributed by atoms with Crippen molar-refractivity contribution in [1.82, 2.24) is 4.72 Å². The zero-order valence-electron chi connectivity index (χ0n) is 13.3. The zero-order valence-corrected chi connectivity index (χ0v) is 14.1. The number of ether oxygens (including phenoxy) is 1. The summed E-state index contributed by atoms with van der Waals surface area (Å²) in [5.41, 5.74) is 5.77. The Morgan fingerprint density at radius 1 is 1.23 bits per heavy atom. The van der Waals surface area contributed by atoms with Crippen LogP contribution < -0.4 is 15.2 Å². The number of hydrogen-bond acceptors (Lipinski definition) is 4. The summed E-state index contributed by atoms with van der Waals surface area (Å²) in [4.78, 5) is 0.250. The van der Waals surface area contributed by atoms with Crippen molar-refractivity contribution >= 4 is 10.0 Å². The molecule has 0 heterocycles. The van der Waals surface area contributed by atoms with Gasteiger partial charge in [-0.05, 0) is 56.9 Å². The summed E-state index contributed by atoms with van der Waals surface area (Å²) in [6.07, 6.45) is 4.47. The average molecular weight is 326 g/mol. The van der Waals surface area contributed by atoms with Crippen LogP contribution in [-0.2, 0) is 10.0 Å². The first kappa shape index (κ1) is 17.2. The van der Waals surface area contributed by atoms with Gasteiger partial charge in [-0.3, -0.25) is 0 Å². The Morgan fingerprint density at radius 2 is 1.82 bits per heavy atom. The van der Waals surface area contributed by atoms with Crippen molar-refractivity contribution in [3.63, 3.8) is 0 Å². The highest BCUT2D eigenvalue weighted by Gasteiger charge is 2.28. The van der Waals surface area contributed by atoms with Gasteiger partial charge in [-0.2, -0.15) is 0 Å². The van der Waals surface area contributed by atoms with Gasteiger partial charge in [-0.1, -0.05) is 12.8 Å². The fourth-order valence-corrected chi connectivity index (χ4v) is 4.25. The molecule has 0 aliphatic heterocycles. The fraction of sp³-hybridized carbons (Fsp3) is 0.625. The van der Waals surface area contributed by atoms with E-state index in [1.807, 2.05) is 13.8 Å². The Hall–Kier alpha value is -1.11. The highest BCUT2D eigenvalue weighted by molar-refractivity contribution is 7.89. The zero-order chi connectivity index (χ0) is 16.2. The topological polar surface area (TPSA) is 81.4 Å². The maximum absolute atomic E-state index is 12.5. The molecule has 0 saturated heterocycles. The van der Waals surface area contributed by atoms with Crippen LogP contribution in [0.5, 0.6) is 5.75 Å². The monoisotopic (exact) mass is 326 g/mol. The lowest BCUT2D eigenvalue weighted by molar-refractivity contribution is 0.242. The van der Waals surface area contributed by atoms with E-state index in [1.165, 1.54) is 0 Å². The number of hydrogen-bond donors (Lipinski definition) is 2. The second-order valence-corrected chi connectivity index (χ2v) is 7.86. The second-order valence-electron chi connectivity index (χ2n) is 6.15. The van der Waals surface area contributed by atoms with Gasteiger partial charge in [0.1, 0.15) is 5.75 Å². The van der Waals surface area contributed by atoms with E-state index in [1.54, 1.807) is 24.3 Å². The van der Waals surface area contributed by atoms with Crippen LogP contribution in [0.4, 0.5) is 0 Å². The molecule has 1 aliphatic rings. The van der Waals surface area contributed by atoms with Gasteiger partial charge in [-0.15, -0.1) is 0 Å². The van der Waals surface area contributed by atoms with Crippen molar-refractivity contribution in [1.29, 1.82) is 0 Å². The van der Waals surface area contributed by atoms with Gasteiger partial charge >= 0.3 is 0 Å². The van der Waals surface area contributed by atoms with Crippen LogP contribution >= 0.6 is 0 Å². The minimum atomic E-state index is -3.54. The highest BCUT2D eigenvalue weighted by Crippen LogP contribution is 2.28. The molecule has 0 amide bonds. The van der Waals surface area contributed by atoms with E-state index in [0.29, 0.717) is 18.2 Å². The van der Waals surface area contributed by atoms with Crippen LogP contribution in [0.25, 0.3) is 0 Å². The van der Waals surface area contributed by atoms with E-state index >= 15 is 0 Å². The molecule has 5 nitrogen and oxygen atoms in total. The average Bonchev–Trinajstić information content (AvgIpc) is 2.99. The molecule has 1 aromatic rings. The number of nitrogens with one attached hydrogen (secondary N) is 1. The molecular formula is C16H26N2O3S. The minimum Gasteiger partial charge on any atom is -0.491 e. The lowest BCUT2D eigenvalue weighted by atomic mass is 9.99. The van der Waals surface area contributed by atoms with Crippen LogP contribution in [0.2, 0.25) is 0 Å². The van der Waals surface area contributed by atoms with Crippen molar-refractivity contribution in [2.45, 2.75) is 56.6 Å². The molecule has 124 valence electrons. The van der Waals surface area contributed by atoms with Crippen LogP contribution in [0, 0.1) is 5.92 Å². The van der Waals surface area contributed by atoms with Crippen LogP contribution in [-0.4, -0.2) is 27.1 Å². The second kappa shape index (κ2) is 7.44. The van der Waals surface area contributed by atoms with Crippen molar-refractivity contribution in [3.05, 3.63) is 24.3 Å². The van der Waals surface area contributed by atoms with Gasteiger partial charge in [0.2, 0.25) is 10.0 Å². The van der Waals surface area contributed by atoms with Crippen molar-refractivity contribution in [2.75, 3.05) is 6.54 Å². The molecular weight excluding hydrogens is 300 g/mol. The molecule has 0 bridgehead atoms. The molecule has 1 fully saturated rings. The third kappa shape index (κ3) is 4.44. The first-order valence-electron chi connectivity index (χ1n) is 7.91. The Kier molecular flexibility index (Phi) is 5.83. The molecule has 1 atom stereocenters. The molecule has 0 radical (unpaired) electrons. The molecule has 3 N–H and O–H groups in total. The molecule has 1 aliphatic carbocycles. The summed E-state index contributed by atoms with van der Waals surface area (Å²) in [7, 11) is -3.54. The van der Waals surface area contributed by atoms with Gasteiger partial charge in [0.05, 0.1) is 11.0 Å². The van der Waals surface area contributed by atoms with Gasteiger partial charge in [0, 0.05) is 12.6 Å². The van der Waals surface area contributed by atoms with Gasteiger partial charge in [0.15, 0.2) is 0 Å². The van der Waals surface area contributed by atoms with Crippen molar-refractivity contribution in [2.24, 2.45) is 11.7 Å². The SMILES string of the molecule is CC(C)Oc1ccc(S(=O)(=O)NC(CN)C2CCCC2)cc1. The molecule has 1 aromatic carbocycles. The standard InChI is InChI=1S/C16H26N2O3S/c1-12(2)21-14-7-9-15(10-8-14)22(19,20)18-16(11-17)13-5-3-4-6-13/h7-10,12-13,16,18H,3-6,11,17H2,1-2H3. The third-order valence-electron chi connectivity index (χ3n) is 4.04. The molecule has 1 unspecified atom stereocenters. The summed E-state index contributed by atoms with van der Waals surface area (Å²) < 4.78 is 33.3. The first-order chi connectivity index (χ1) is 10.4. The predicted octanol–water partition coefficient (Wildman–Crippen LogP) is 2.27. The Morgan fingerprint density at radius 3 is 2.32 bits per heavy atom. The van der Waals surface area contributed by atoms with E-state index in [-0.39, 0.29) is 17.0 Å². The minimum absolute atomic E-state index is 0.0598. The quantitative estimate of drug-likeness (QED) is 0.805. The summed E-state index contributed by atoms with van der Waals surface area (Å²) in [6, 6.07) is 6.33. The van der Waals surface area contributed by atoms with Crippen LogP contribution in [0.1, 0.15) is 39.5 Å². The highest BCUT2D eigenvalue weighted by atomic mass is 32.2. The van der Waals surface area contributed by atoms with E-state index in [0.717, 1.165) is 25.7 Å². The predicted molar refractivity (Wildman–Crippen MR) is 87.3 cm³/mol. The number of nitrogens with two attached hydrogens (primary N) is 1.